The smallest absolute Gasteiger partial charge is 0.293 e. The number of carbonyl (C=O) groups excluding carboxylic acids is 1. The van der Waals surface area contributed by atoms with E-state index < -0.39 is 21.5 Å². The number of benzene rings is 3. The Hall–Kier alpha value is -3.84. The Labute approximate surface area is 261 Å². The largest absolute Gasteiger partial charge is 0.379 e. The van der Waals surface area contributed by atoms with Gasteiger partial charge in [0.25, 0.3) is 5.69 Å². The van der Waals surface area contributed by atoms with Crippen molar-refractivity contribution >= 4 is 27.3 Å². The molecule has 0 bridgehead atoms. The zero-order valence-electron chi connectivity index (χ0n) is 26.0. The fourth-order valence-corrected chi connectivity index (χ4v) is 5.85. The van der Waals surface area contributed by atoms with E-state index in [0.717, 1.165) is 43.1 Å². The van der Waals surface area contributed by atoms with Crippen molar-refractivity contribution in [1.82, 2.24) is 19.4 Å². The lowest BCUT2D eigenvalue weighted by Gasteiger charge is -2.24. The quantitative estimate of drug-likeness (QED) is 0.161. The number of amides is 1. The average molecular weight is 625 g/mol. The van der Waals surface area contributed by atoms with Gasteiger partial charge in [-0.25, -0.2) is 13.1 Å². The van der Waals surface area contributed by atoms with Gasteiger partial charge in [0.15, 0.2) is 0 Å². The molecule has 2 N–H and O–H groups in total. The van der Waals surface area contributed by atoms with Crippen molar-refractivity contribution in [3.63, 3.8) is 0 Å². The van der Waals surface area contributed by atoms with E-state index in [0.29, 0.717) is 19.6 Å². The van der Waals surface area contributed by atoms with Gasteiger partial charge in [-0.3, -0.25) is 14.9 Å². The molecule has 3 rings (SSSR count). The van der Waals surface area contributed by atoms with E-state index in [-0.39, 0.29) is 28.1 Å². The molecular weight excluding hydrogens is 580 g/mol. The molecule has 0 unspecified atom stereocenters. The first-order chi connectivity index (χ1) is 21.0. The summed E-state index contributed by atoms with van der Waals surface area (Å²) in [5, 5.41) is 15.2. The van der Waals surface area contributed by atoms with E-state index in [2.05, 4.69) is 10.0 Å². The third-order valence-corrected chi connectivity index (χ3v) is 8.61. The van der Waals surface area contributed by atoms with Crippen LogP contribution in [0.5, 0.6) is 0 Å². The van der Waals surface area contributed by atoms with Crippen LogP contribution in [-0.4, -0.2) is 101 Å². The predicted molar refractivity (Wildman–Crippen MR) is 174 cm³/mol. The van der Waals surface area contributed by atoms with Crippen molar-refractivity contribution in [2.75, 3.05) is 72.8 Å². The standard InChI is InChI=1S/C32H44N6O5S/c1-35(2)19-11-21-37(22-12-20-36(3)4)32(39)25-34-44(42,43)28-17-18-30(31(23-28)38(40)41)33-24-29(26-13-7-5-8-14-26)27-15-9-6-10-16-27/h5-10,13-18,23,29,33-34H,11-12,19-22,24-25H2,1-4H3. The molecule has 1 amide bonds. The molecule has 0 aliphatic rings. The van der Waals surface area contributed by atoms with Crippen molar-refractivity contribution < 1.29 is 18.1 Å². The Morgan fingerprint density at radius 3 is 1.82 bits per heavy atom. The SMILES string of the molecule is CN(C)CCCN(CCCN(C)C)C(=O)CNS(=O)(=O)c1ccc(NCC(c2ccccc2)c2ccccc2)c([N+](=O)[O-])c1. The maximum Gasteiger partial charge on any atom is 0.293 e. The maximum absolute atomic E-state index is 13.1. The number of nitro groups is 1. The number of nitro benzene ring substituents is 1. The van der Waals surface area contributed by atoms with E-state index in [9.17, 15) is 23.3 Å². The van der Waals surface area contributed by atoms with Crippen LogP contribution in [0, 0.1) is 10.1 Å². The summed E-state index contributed by atoms with van der Waals surface area (Å²) in [6, 6.07) is 23.4. The molecule has 0 saturated heterocycles. The zero-order valence-corrected chi connectivity index (χ0v) is 26.8. The fraction of sp³-hybridized carbons (Fsp3) is 0.406. The minimum atomic E-state index is -4.19. The molecule has 44 heavy (non-hydrogen) atoms. The summed E-state index contributed by atoms with van der Waals surface area (Å²) in [4.78, 5) is 29.9. The zero-order chi connectivity index (χ0) is 32.1. The van der Waals surface area contributed by atoms with Gasteiger partial charge in [-0.05, 0) is 77.4 Å². The molecule has 0 aliphatic carbocycles. The van der Waals surface area contributed by atoms with Crippen LogP contribution in [0.2, 0.25) is 0 Å². The maximum atomic E-state index is 13.1. The van der Waals surface area contributed by atoms with Gasteiger partial charge in [0, 0.05) is 31.6 Å². The number of nitrogens with one attached hydrogen (secondary N) is 2. The van der Waals surface area contributed by atoms with Gasteiger partial charge in [0.05, 0.1) is 16.4 Å². The lowest BCUT2D eigenvalue weighted by atomic mass is 9.91. The second kappa shape index (κ2) is 16.9. The molecule has 0 fully saturated rings. The molecule has 0 aromatic heterocycles. The first-order valence-corrected chi connectivity index (χ1v) is 16.2. The summed E-state index contributed by atoms with van der Waals surface area (Å²) < 4.78 is 28.6. The highest BCUT2D eigenvalue weighted by Gasteiger charge is 2.24. The Balaban J connectivity index is 1.73. The van der Waals surface area contributed by atoms with Gasteiger partial charge in [0.1, 0.15) is 5.69 Å². The van der Waals surface area contributed by atoms with Crippen LogP contribution < -0.4 is 10.0 Å². The number of sulfonamides is 1. The van der Waals surface area contributed by atoms with Crippen LogP contribution in [0.15, 0.2) is 83.8 Å². The van der Waals surface area contributed by atoms with Gasteiger partial charge in [-0.1, -0.05) is 60.7 Å². The second-order valence-electron chi connectivity index (χ2n) is 11.2. The number of rotatable bonds is 18. The van der Waals surface area contributed by atoms with Crippen molar-refractivity contribution in [1.29, 1.82) is 0 Å². The Morgan fingerprint density at radius 2 is 1.34 bits per heavy atom. The van der Waals surface area contributed by atoms with Crippen LogP contribution in [0.25, 0.3) is 0 Å². The van der Waals surface area contributed by atoms with E-state index in [1.165, 1.54) is 12.1 Å². The predicted octanol–water partition coefficient (Wildman–Crippen LogP) is 3.85. The molecule has 0 spiro atoms. The minimum Gasteiger partial charge on any atom is -0.379 e. The summed E-state index contributed by atoms with van der Waals surface area (Å²) in [7, 11) is 3.63. The second-order valence-corrected chi connectivity index (χ2v) is 13.0. The minimum absolute atomic E-state index is 0.0912. The lowest BCUT2D eigenvalue weighted by Crippen LogP contribution is -2.42. The van der Waals surface area contributed by atoms with E-state index in [1.54, 1.807) is 4.90 Å². The molecule has 0 heterocycles. The summed E-state index contributed by atoms with van der Waals surface area (Å²) in [5.74, 6) is -0.432. The van der Waals surface area contributed by atoms with Gasteiger partial charge >= 0.3 is 0 Å². The third-order valence-electron chi connectivity index (χ3n) is 7.21. The summed E-state index contributed by atoms with van der Waals surface area (Å²) in [5.41, 5.74) is 1.92. The molecule has 0 radical (unpaired) electrons. The monoisotopic (exact) mass is 624 g/mol. The summed E-state index contributed by atoms with van der Waals surface area (Å²) in [6.45, 7) is 2.52. The number of nitrogens with zero attached hydrogens (tertiary/aromatic N) is 4. The normalized spacial score (nSPS) is 11.7. The molecule has 0 atom stereocenters. The molecule has 0 saturated carbocycles. The molecule has 3 aromatic carbocycles. The summed E-state index contributed by atoms with van der Waals surface area (Å²) in [6.07, 6.45) is 1.51. The third kappa shape index (κ3) is 10.7. The Morgan fingerprint density at radius 1 is 0.818 bits per heavy atom. The molecule has 3 aromatic rings. The highest BCUT2D eigenvalue weighted by molar-refractivity contribution is 7.89. The number of carbonyl (C=O) groups is 1. The van der Waals surface area contributed by atoms with E-state index in [1.807, 2.05) is 98.7 Å². The highest BCUT2D eigenvalue weighted by atomic mass is 32.2. The average Bonchev–Trinajstić information content (AvgIpc) is 3.00. The number of anilines is 1. The highest BCUT2D eigenvalue weighted by Crippen LogP contribution is 2.30. The molecule has 0 aliphatic heterocycles. The first-order valence-electron chi connectivity index (χ1n) is 14.7. The van der Waals surface area contributed by atoms with Crippen molar-refractivity contribution in [2.24, 2.45) is 0 Å². The van der Waals surface area contributed by atoms with Gasteiger partial charge in [-0.15, -0.1) is 0 Å². The van der Waals surface area contributed by atoms with E-state index >= 15 is 0 Å². The topological polar surface area (TPSA) is 128 Å². The van der Waals surface area contributed by atoms with Crippen LogP contribution in [-0.2, 0) is 14.8 Å². The molecule has 12 heteroatoms. The van der Waals surface area contributed by atoms with Gasteiger partial charge in [-0.2, -0.15) is 0 Å². The van der Waals surface area contributed by atoms with Crippen LogP contribution in [0.1, 0.15) is 29.9 Å². The van der Waals surface area contributed by atoms with Crippen molar-refractivity contribution in [3.05, 3.63) is 100 Å². The Kier molecular flexibility index (Phi) is 13.3. The molecule has 11 nitrogen and oxygen atoms in total. The van der Waals surface area contributed by atoms with Crippen molar-refractivity contribution in [2.45, 2.75) is 23.7 Å². The number of hydrogen-bond acceptors (Lipinski definition) is 8. The molecule has 238 valence electrons. The summed E-state index contributed by atoms with van der Waals surface area (Å²) >= 11 is 0. The van der Waals surface area contributed by atoms with Gasteiger partial charge < -0.3 is 20.0 Å². The lowest BCUT2D eigenvalue weighted by molar-refractivity contribution is -0.384. The van der Waals surface area contributed by atoms with Crippen LogP contribution in [0.4, 0.5) is 11.4 Å². The van der Waals surface area contributed by atoms with Crippen LogP contribution in [0.3, 0.4) is 0 Å². The van der Waals surface area contributed by atoms with Crippen LogP contribution >= 0.6 is 0 Å². The molecular formula is C32H44N6O5S. The first kappa shape index (κ1) is 34.6. The van der Waals surface area contributed by atoms with E-state index in [4.69, 9.17) is 0 Å². The van der Waals surface area contributed by atoms with Crippen molar-refractivity contribution in [3.8, 4) is 0 Å². The number of hydrogen-bond donors (Lipinski definition) is 2. The fourth-order valence-electron chi connectivity index (χ4n) is 4.86. The Bertz CT molecular complexity index is 1400. The van der Waals surface area contributed by atoms with Gasteiger partial charge in [0.2, 0.25) is 15.9 Å².